The van der Waals surface area contributed by atoms with E-state index in [1.54, 1.807) is 25.3 Å². The number of carbonyl (C=O) groups is 1. The number of aryl methyl sites for hydroxylation is 1. The van der Waals surface area contributed by atoms with Crippen LogP contribution in [0.2, 0.25) is 5.02 Å². The normalized spacial score (nSPS) is 10.9. The van der Waals surface area contributed by atoms with Crippen LogP contribution >= 0.6 is 11.6 Å². The molecule has 0 aliphatic carbocycles. The fourth-order valence-electron chi connectivity index (χ4n) is 2.94. The van der Waals surface area contributed by atoms with Crippen LogP contribution in [-0.2, 0) is 7.05 Å². The SMILES string of the molecule is COc1ccc2cc(C(=O)Nc3ccc(Cl)cc3-c3nnn[nH]3)n(C)c2c1. The number of hydrogen-bond acceptors (Lipinski definition) is 5. The third kappa shape index (κ3) is 3.11. The summed E-state index contributed by atoms with van der Waals surface area (Å²) in [4.78, 5) is 12.9. The molecule has 0 unspecified atom stereocenters. The van der Waals surface area contributed by atoms with E-state index in [-0.39, 0.29) is 5.91 Å². The maximum absolute atomic E-state index is 12.9. The van der Waals surface area contributed by atoms with Gasteiger partial charge in [-0.05, 0) is 46.8 Å². The standard InChI is InChI=1S/C18H15ClN6O2/c1-25-15-9-12(27-2)5-3-10(15)7-16(25)18(26)20-14-6-4-11(19)8-13(14)17-21-23-24-22-17/h3-9H,1-2H3,(H,20,26)(H,21,22,23,24). The molecule has 0 bridgehead atoms. The maximum atomic E-state index is 12.9. The molecule has 0 atom stereocenters. The van der Waals surface area contributed by atoms with Gasteiger partial charge in [-0.1, -0.05) is 11.6 Å². The third-order valence-electron chi connectivity index (χ3n) is 4.32. The molecule has 0 saturated heterocycles. The van der Waals surface area contributed by atoms with E-state index in [1.165, 1.54) is 0 Å². The Kier molecular flexibility index (Phi) is 4.25. The van der Waals surface area contributed by atoms with E-state index in [0.717, 1.165) is 16.7 Å². The van der Waals surface area contributed by atoms with Gasteiger partial charge in [-0.2, -0.15) is 0 Å². The first kappa shape index (κ1) is 17.0. The Balaban J connectivity index is 1.71. The summed E-state index contributed by atoms with van der Waals surface area (Å²) in [6.07, 6.45) is 0. The highest BCUT2D eigenvalue weighted by Crippen LogP contribution is 2.29. The molecule has 2 N–H and O–H groups in total. The second kappa shape index (κ2) is 6.73. The van der Waals surface area contributed by atoms with Gasteiger partial charge in [-0.25, -0.2) is 5.10 Å². The number of carbonyl (C=O) groups excluding carboxylic acids is 1. The molecule has 4 rings (SSSR count). The molecule has 9 heteroatoms. The Morgan fingerprint density at radius 3 is 2.81 bits per heavy atom. The van der Waals surface area contributed by atoms with Crippen molar-refractivity contribution in [2.24, 2.45) is 7.05 Å². The minimum absolute atomic E-state index is 0.260. The Hall–Kier alpha value is -3.39. The van der Waals surface area contributed by atoms with E-state index >= 15 is 0 Å². The first-order chi connectivity index (χ1) is 13.1. The lowest BCUT2D eigenvalue weighted by Gasteiger charge is -2.10. The summed E-state index contributed by atoms with van der Waals surface area (Å²) in [7, 11) is 3.44. The minimum atomic E-state index is -0.260. The second-order valence-corrected chi connectivity index (χ2v) is 6.34. The van der Waals surface area contributed by atoms with Gasteiger partial charge >= 0.3 is 0 Å². The molecule has 0 aliphatic heterocycles. The van der Waals surface area contributed by atoms with E-state index < -0.39 is 0 Å². The number of tetrazole rings is 1. The number of ether oxygens (including phenoxy) is 1. The minimum Gasteiger partial charge on any atom is -0.497 e. The number of nitrogens with one attached hydrogen (secondary N) is 2. The van der Waals surface area contributed by atoms with Gasteiger partial charge in [-0.15, -0.1) is 5.10 Å². The molecule has 27 heavy (non-hydrogen) atoms. The van der Waals surface area contributed by atoms with Gasteiger partial charge in [0.05, 0.1) is 18.3 Å². The summed E-state index contributed by atoms with van der Waals surface area (Å²) in [5, 5.41) is 18.1. The Bertz CT molecular complexity index is 1140. The fraction of sp³-hybridized carbons (Fsp3) is 0.111. The van der Waals surface area contributed by atoms with Crippen LogP contribution in [0.15, 0.2) is 42.5 Å². The van der Waals surface area contributed by atoms with Crippen LogP contribution in [-0.4, -0.2) is 38.2 Å². The molecule has 136 valence electrons. The number of nitrogens with zero attached hydrogens (tertiary/aromatic N) is 4. The van der Waals surface area contributed by atoms with Gasteiger partial charge < -0.3 is 14.6 Å². The van der Waals surface area contributed by atoms with Gasteiger partial charge in [0.25, 0.3) is 5.91 Å². The zero-order valence-electron chi connectivity index (χ0n) is 14.5. The van der Waals surface area contributed by atoms with Crippen molar-refractivity contribution in [1.82, 2.24) is 25.2 Å². The van der Waals surface area contributed by atoms with Crippen molar-refractivity contribution in [3.8, 4) is 17.1 Å². The topological polar surface area (TPSA) is 97.7 Å². The van der Waals surface area contributed by atoms with Gasteiger partial charge in [-0.3, -0.25) is 4.79 Å². The highest BCUT2D eigenvalue weighted by Gasteiger charge is 2.17. The molecule has 0 saturated carbocycles. The average molecular weight is 383 g/mol. The number of aromatic nitrogens is 5. The number of fused-ring (bicyclic) bond motifs is 1. The Morgan fingerprint density at radius 1 is 1.22 bits per heavy atom. The van der Waals surface area contributed by atoms with Gasteiger partial charge in [0.1, 0.15) is 11.4 Å². The lowest BCUT2D eigenvalue weighted by Crippen LogP contribution is -2.16. The van der Waals surface area contributed by atoms with Crippen LogP contribution in [0, 0.1) is 0 Å². The highest BCUT2D eigenvalue weighted by atomic mass is 35.5. The molecule has 1 amide bonds. The zero-order chi connectivity index (χ0) is 19.0. The quantitative estimate of drug-likeness (QED) is 0.564. The summed E-state index contributed by atoms with van der Waals surface area (Å²) in [6.45, 7) is 0. The second-order valence-electron chi connectivity index (χ2n) is 5.91. The molecule has 0 fully saturated rings. The lowest BCUT2D eigenvalue weighted by atomic mass is 10.1. The summed E-state index contributed by atoms with van der Waals surface area (Å²) >= 11 is 6.08. The van der Waals surface area contributed by atoms with Crippen molar-refractivity contribution in [3.63, 3.8) is 0 Å². The first-order valence-corrected chi connectivity index (χ1v) is 8.43. The van der Waals surface area contributed by atoms with E-state index in [9.17, 15) is 4.79 Å². The molecule has 0 spiro atoms. The molecule has 2 aromatic heterocycles. The van der Waals surface area contributed by atoms with Crippen molar-refractivity contribution in [3.05, 3.63) is 53.2 Å². The number of amides is 1. The molecule has 0 aliphatic rings. The molecule has 4 aromatic rings. The largest absolute Gasteiger partial charge is 0.497 e. The van der Waals surface area contributed by atoms with Gasteiger partial charge in [0.15, 0.2) is 5.82 Å². The smallest absolute Gasteiger partial charge is 0.272 e. The Labute approximate surface area is 159 Å². The highest BCUT2D eigenvalue weighted by molar-refractivity contribution is 6.31. The maximum Gasteiger partial charge on any atom is 0.272 e. The van der Waals surface area contributed by atoms with Gasteiger partial charge in [0, 0.05) is 29.1 Å². The number of aromatic amines is 1. The summed E-state index contributed by atoms with van der Waals surface area (Å²) in [5.74, 6) is 0.881. The molecular weight excluding hydrogens is 368 g/mol. The monoisotopic (exact) mass is 382 g/mol. The van der Waals surface area contributed by atoms with Crippen molar-refractivity contribution in [2.45, 2.75) is 0 Å². The zero-order valence-corrected chi connectivity index (χ0v) is 15.3. The first-order valence-electron chi connectivity index (χ1n) is 8.05. The van der Waals surface area contributed by atoms with E-state index in [2.05, 4.69) is 25.9 Å². The summed E-state index contributed by atoms with van der Waals surface area (Å²) in [6, 6.07) is 12.6. The number of halogens is 1. The van der Waals surface area contributed by atoms with E-state index in [4.69, 9.17) is 16.3 Å². The van der Waals surface area contributed by atoms with Crippen LogP contribution in [0.5, 0.6) is 5.75 Å². The van der Waals surface area contributed by atoms with Crippen LogP contribution in [0.1, 0.15) is 10.5 Å². The molecule has 2 aromatic carbocycles. The van der Waals surface area contributed by atoms with Crippen LogP contribution in [0.3, 0.4) is 0 Å². The predicted molar refractivity (Wildman–Crippen MR) is 102 cm³/mol. The van der Waals surface area contributed by atoms with Crippen LogP contribution in [0.4, 0.5) is 5.69 Å². The number of benzene rings is 2. The number of H-pyrrole nitrogens is 1. The van der Waals surface area contributed by atoms with Crippen LogP contribution in [0.25, 0.3) is 22.3 Å². The summed E-state index contributed by atoms with van der Waals surface area (Å²) < 4.78 is 7.08. The molecule has 8 nitrogen and oxygen atoms in total. The average Bonchev–Trinajstić information content (AvgIpc) is 3.31. The molecule has 0 radical (unpaired) electrons. The van der Waals surface area contributed by atoms with Gasteiger partial charge in [0.2, 0.25) is 0 Å². The van der Waals surface area contributed by atoms with Crippen molar-refractivity contribution >= 4 is 34.1 Å². The Morgan fingerprint density at radius 2 is 2.07 bits per heavy atom. The van der Waals surface area contributed by atoms with Crippen molar-refractivity contribution in [1.29, 1.82) is 0 Å². The van der Waals surface area contributed by atoms with Crippen LogP contribution < -0.4 is 10.1 Å². The number of hydrogen-bond donors (Lipinski definition) is 2. The van der Waals surface area contributed by atoms with Crippen molar-refractivity contribution in [2.75, 3.05) is 12.4 Å². The van der Waals surface area contributed by atoms with E-state index in [0.29, 0.717) is 27.8 Å². The number of methoxy groups -OCH3 is 1. The van der Waals surface area contributed by atoms with E-state index in [1.807, 2.05) is 35.9 Å². The van der Waals surface area contributed by atoms with Crippen molar-refractivity contribution < 1.29 is 9.53 Å². The number of rotatable bonds is 4. The predicted octanol–water partition coefficient (Wildman–Crippen LogP) is 3.27. The fourth-order valence-corrected chi connectivity index (χ4v) is 3.11. The third-order valence-corrected chi connectivity index (χ3v) is 4.55. The number of anilines is 1. The molecular formula is C18H15ClN6O2. The lowest BCUT2D eigenvalue weighted by molar-refractivity contribution is 0.102. The summed E-state index contributed by atoms with van der Waals surface area (Å²) in [5.41, 5.74) is 2.55. The molecule has 2 heterocycles.